The molecule has 2 unspecified atom stereocenters. The van der Waals surface area contributed by atoms with Crippen molar-refractivity contribution in [3.8, 4) is 0 Å². The van der Waals surface area contributed by atoms with Gasteiger partial charge in [0.15, 0.2) is 0 Å². The Morgan fingerprint density at radius 2 is 2.59 bits per heavy atom. The lowest BCUT2D eigenvalue weighted by Gasteiger charge is -2.31. The lowest BCUT2D eigenvalue weighted by atomic mass is 10.1. The summed E-state index contributed by atoms with van der Waals surface area (Å²) in [5.74, 6) is 2.08. The molecule has 0 saturated carbocycles. The van der Waals surface area contributed by atoms with Gasteiger partial charge in [-0.2, -0.15) is 16.9 Å². The molecular weight excluding hydrogens is 258 g/mol. The fourth-order valence-electron chi connectivity index (χ4n) is 2.09. The van der Waals surface area contributed by atoms with Gasteiger partial charge >= 0.3 is 0 Å². The lowest BCUT2D eigenvalue weighted by molar-refractivity contribution is 0.0451. The molecule has 6 heteroatoms. The summed E-state index contributed by atoms with van der Waals surface area (Å²) in [6, 6.07) is 0.118. The fraction of sp³-hybridized carbons (Fsp3) is 0.727. The number of likely N-dealkylation sites (N-methyl/N-ethyl adjacent to an activating group) is 1. The SMILES string of the molecule is CCNC(c1c(Cl)cnn1C)C1CSCCO1. The van der Waals surface area contributed by atoms with E-state index in [0.717, 1.165) is 30.4 Å². The first-order valence-corrected chi connectivity index (χ1v) is 7.37. The zero-order valence-corrected chi connectivity index (χ0v) is 11.7. The van der Waals surface area contributed by atoms with Crippen molar-refractivity contribution in [3.05, 3.63) is 16.9 Å². The van der Waals surface area contributed by atoms with Crippen LogP contribution in [0, 0.1) is 0 Å². The second-order valence-electron chi connectivity index (χ2n) is 4.02. The molecule has 0 amide bonds. The number of halogens is 1. The Kier molecular flexibility index (Phi) is 4.73. The number of aromatic nitrogens is 2. The highest BCUT2D eigenvalue weighted by Crippen LogP contribution is 2.29. The highest BCUT2D eigenvalue weighted by atomic mass is 35.5. The Morgan fingerprint density at radius 3 is 3.12 bits per heavy atom. The van der Waals surface area contributed by atoms with Crippen LogP contribution in [-0.2, 0) is 11.8 Å². The first kappa shape index (κ1) is 13.2. The molecule has 1 saturated heterocycles. The Labute approximate surface area is 111 Å². The van der Waals surface area contributed by atoms with Gasteiger partial charge in [-0.1, -0.05) is 18.5 Å². The van der Waals surface area contributed by atoms with Crippen molar-refractivity contribution in [2.24, 2.45) is 7.05 Å². The minimum Gasteiger partial charge on any atom is -0.374 e. The molecule has 1 aromatic heterocycles. The molecule has 1 aliphatic rings. The quantitative estimate of drug-likeness (QED) is 0.910. The van der Waals surface area contributed by atoms with Crippen LogP contribution in [0.4, 0.5) is 0 Å². The molecule has 1 fully saturated rings. The van der Waals surface area contributed by atoms with Gasteiger partial charge in [0.2, 0.25) is 0 Å². The second-order valence-corrected chi connectivity index (χ2v) is 5.58. The topological polar surface area (TPSA) is 39.1 Å². The van der Waals surface area contributed by atoms with Gasteiger partial charge in [-0.05, 0) is 6.54 Å². The highest BCUT2D eigenvalue weighted by molar-refractivity contribution is 7.99. The second kappa shape index (κ2) is 6.09. The number of thioether (sulfide) groups is 1. The molecule has 1 aromatic rings. The van der Waals surface area contributed by atoms with Crippen molar-refractivity contribution in [3.63, 3.8) is 0 Å². The number of hydrogen-bond acceptors (Lipinski definition) is 4. The zero-order valence-electron chi connectivity index (χ0n) is 10.1. The van der Waals surface area contributed by atoms with Crippen LogP contribution in [0.15, 0.2) is 6.20 Å². The third-order valence-corrected chi connectivity index (χ3v) is 4.18. The van der Waals surface area contributed by atoms with Crippen molar-refractivity contribution in [1.29, 1.82) is 0 Å². The number of rotatable bonds is 4. The molecular formula is C11H18ClN3OS. The third kappa shape index (κ3) is 2.96. The summed E-state index contributed by atoms with van der Waals surface area (Å²) in [5.41, 5.74) is 1.01. The van der Waals surface area contributed by atoms with Crippen LogP contribution in [0.1, 0.15) is 18.7 Å². The monoisotopic (exact) mass is 275 g/mol. The third-order valence-electron chi connectivity index (χ3n) is 2.87. The minimum atomic E-state index is 0.118. The molecule has 2 rings (SSSR count). The Morgan fingerprint density at radius 1 is 1.76 bits per heavy atom. The molecule has 0 radical (unpaired) electrons. The molecule has 2 atom stereocenters. The summed E-state index contributed by atoms with van der Waals surface area (Å²) in [6.07, 6.45) is 1.86. The van der Waals surface area contributed by atoms with E-state index in [9.17, 15) is 0 Å². The average Bonchev–Trinajstić information content (AvgIpc) is 2.68. The van der Waals surface area contributed by atoms with E-state index in [1.54, 1.807) is 6.20 Å². The summed E-state index contributed by atoms with van der Waals surface area (Å²) in [6.45, 7) is 3.79. The molecule has 17 heavy (non-hydrogen) atoms. The number of nitrogens with one attached hydrogen (secondary N) is 1. The van der Waals surface area contributed by atoms with Gasteiger partial charge in [-0.3, -0.25) is 4.68 Å². The van der Waals surface area contributed by atoms with Crippen LogP contribution < -0.4 is 5.32 Å². The standard InChI is InChI=1S/C11H18ClN3OS/c1-3-13-10(9-7-17-5-4-16-9)11-8(12)6-14-15(11)2/h6,9-10,13H,3-5,7H2,1-2H3. The summed E-state index contributed by atoms with van der Waals surface area (Å²) in [7, 11) is 1.92. The predicted octanol–water partition coefficient (Wildman–Crippen LogP) is 1.86. The van der Waals surface area contributed by atoms with E-state index < -0.39 is 0 Å². The minimum absolute atomic E-state index is 0.118. The molecule has 0 aliphatic carbocycles. The van der Waals surface area contributed by atoms with E-state index >= 15 is 0 Å². The normalized spacial score (nSPS) is 22.6. The molecule has 0 bridgehead atoms. The zero-order chi connectivity index (χ0) is 12.3. The smallest absolute Gasteiger partial charge is 0.0876 e. The molecule has 0 spiro atoms. The van der Waals surface area contributed by atoms with Crippen LogP contribution in [0.25, 0.3) is 0 Å². The van der Waals surface area contributed by atoms with Crippen molar-refractivity contribution in [2.75, 3.05) is 24.7 Å². The number of aryl methyl sites for hydroxylation is 1. The van der Waals surface area contributed by atoms with Crippen LogP contribution >= 0.6 is 23.4 Å². The van der Waals surface area contributed by atoms with Gasteiger partial charge in [0.25, 0.3) is 0 Å². The van der Waals surface area contributed by atoms with Gasteiger partial charge in [-0.15, -0.1) is 0 Å². The Hall–Kier alpha value is -0.230. The lowest BCUT2D eigenvalue weighted by Crippen LogP contribution is -2.39. The van der Waals surface area contributed by atoms with Gasteiger partial charge in [0.1, 0.15) is 0 Å². The number of ether oxygens (including phenoxy) is 1. The summed E-state index contributed by atoms with van der Waals surface area (Å²) < 4.78 is 7.67. The Bertz CT molecular complexity index is 346. The van der Waals surface area contributed by atoms with Crippen LogP contribution in [0.2, 0.25) is 5.02 Å². The predicted molar refractivity (Wildman–Crippen MR) is 71.7 cm³/mol. The Balaban J connectivity index is 2.21. The molecule has 1 aliphatic heterocycles. The van der Waals surface area contributed by atoms with E-state index in [1.165, 1.54) is 0 Å². The molecule has 1 N–H and O–H groups in total. The summed E-state index contributed by atoms with van der Waals surface area (Å²) >= 11 is 8.14. The first-order chi connectivity index (χ1) is 8.24. The number of nitrogens with zero attached hydrogens (tertiary/aromatic N) is 2. The van der Waals surface area contributed by atoms with Crippen LogP contribution in [0.3, 0.4) is 0 Å². The van der Waals surface area contributed by atoms with Gasteiger partial charge in [0.05, 0.1) is 35.7 Å². The van der Waals surface area contributed by atoms with Crippen molar-refractivity contribution >= 4 is 23.4 Å². The van der Waals surface area contributed by atoms with Crippen molar-refractivity contribution < 1.29 is 4.74 Å². The maximum atomic E-state index is 6.21. The molecule has 96 valence electrons. The summed E-state index contributed by atoms with van der Waals surface area (Å²) in [5, 5.41) is 8.36. The van der Waals surface area contributed by atoms with E-state index in [2.05, 4.69) is 17.3 Å². The average molecular weight is 276 g/mol. The largest absolute Gasteiger partial charge is 0.374 e. The van der Waals surface area contributed by atoms with Crippen molar-refractivity contribution in [2.45, 2.75) is 19.1 Å². The summed E-state index contributed by atoms with van der Waals surface area (Å²) in [4.78, 5) is 0. The van der Waals surface area contributed by atoms with E-state index in [1.807, 2.05) is 23.5 Å². The van der Waals surface area contributed by atoms with Gasteiger partial charge in [-0.25, -0.2) is 0 Å². The van der Waals surface area contributed by atoms with E-state index in [4.69, 9.17) is 16.3 Å². The maximum absolute atomic E-state index is 6.21. The van der Waals surface area contributed by atoms with E-state index in [-0.39, 0.29) is 12.1 Å². The fourth-order valence-corrected chi connectivity index (χ4v) is 3.28. The molecule has 4 nitrogen and oxygen atoms in total. The van der Waals surface area contributed by atoms with E-state index in [0.29, 0.717) is 5.02 Å². The molecule has 0 aromatic carbocycles. The van der Waals surface area contributed by atoms with Crippen LogP contribution in [0.5, 0.6) is 0 Å². The van der Waals surface area contributed by atoms with Gasteiger partial charge in [0, 0.05) is 18.6 Å². The maximum Gasteiger partial charge on any atom is 0.0876 e. The molecule has 2 heterocycles. The highest BCUT2D eigenvalue weighted by Gasteiger charge is 2.29. The van der Waals surface area contributed by atoms with Crippen LogP contribution in [-0.4, -0.2) is 40.5 Å². The number of hydrogen-bond donors (Lipinski definition) is 1. The van der Waals surface area contributed by atoms with Gasteiger partial charge < -0.3 is 10.1 Å². The van der Waals surface area contributed by atoms with Crippen molar-refractivity contribution in [1.82, 2.24) is 15.1 Å². The first-order valence-electron chi connectivity index (χ1n) is 5.84.